The predicted molar refractivity (Wildman–Crippen MR) is 64.1 cm³/mol. The van der Waals surface area contributed by atoms with Crippen molar-refractivity contribution in [3.8, 4) is 0 Å². The maximum absolute atomic E-state index is 11.7. The Hall–Kier alpha value is -0.610. The first-order valence-electron chi connectivity index (χ1n) is 6.35. The van der Waals surface area contributed by atoms with Gasteiger partial charge in [0.15, 0.2) is 0 Å². The molecule has 0 spiro atoms. The fourth-order valence-corrected chi connectivity index (χ4v) is 2.03. The quantitative estimate of drug-likeness (QED) is 0.640. The van der Waals surface area contributed by atoms with Crippen LogP contribution < -0.4 is 11.1 Å². The number of ether oxygens (including phenoxy) is 1. The van der Waals surface area contributed by atoms with E-state index in [9.17, 15) is 4.79 Å². The molecule has 0 radical (unpaired) electrons. The highest BCUT2D eigenvalue weighted by Gasteiger charge is 2.27. The first kappa shape index (κ1) is 13.5. The van der Waals surface area contributed by atoms with Gasteiger partial charge in [-0.1, -0.05) is 6.92 Å². The van der Waals surface area contributed by atoms with E-state index in [-0.39, 0.29) is 17.9 Å². The molecule has 16 heavy (non-hydrogen) atoms. The minimum absolute atomic E-state index is 0.145. The Kier molecular flexibility index (Phi) is 6.42. The Balaban J connectivity index is 1.98. The van der Waals surface area contributed by atoms with Crippen molar-refractivity contribution in [1.82, 2.24) is 5.32 Å². The van der Waals surface area contributed by atoms with Crippen LogP contribution in [0.4, 0.5) is 0 Å². The van der Waals surface area contributed by atoms with Gasteiger partial charge in [-0.3, -0.25) is 4.79 Å². The molecule has 0 aromatic rings. The maximum Gasteiger partial charge on any atom is 0.223 e. The van der Waals surface area contributed by atoms with E-state index in [4.69, 9.17) is 10.5 Å². The van der Waals surface area contributed by atoms with Crippen molar-refractivity contribution >= 4 is 5.91 Å². The molecule has 0 aromatic carbocycles. The number of carbonyl (C=O) groups excluding carboxylic acids is 1. The van der Waals surface area contributed by atoms with E-state index in [0.29, 0.717) is 6.54 Å². The molecule has 0 aliphatic heterocycles. The zero-order valence-electron chi connectivity index (χ0n) is 10.2. The molecule has 1 rings (SSSR count). The van der Waals surface area contributed by atoms with Gasteiger partial charge in [0.25, 0.3) is 0 Å². The van der Waals surface area contributed by atoms with Crippen molar-refractivity contribution in [3.05, 3.63) is 0 Å². The van der Waals surface area contributed by atoms with Gasteiger partial charge in [-0.05, 0) is 32.1 Å². The van der Waals surface area contributed by atoms with Gasteiger partial charge in [-0.25, -0.2) is 0 Å². The Morgan fingerprint density at radius 1 is 1.44 bits per heavy atom. The second kappa shape index (κ2) is 7.63. The summed E-state index contributed by atoms with van der Waals surface area (Å²) in [6, 6.07) is 0.226. The highest BCUT2D eigenvalue weighted by atomic mass is 16.5. The minimum atomic E-state index is 0.145. The zero-order valence-corrected chi connectivity index (χ0v) is 10.2. The van der Waals surface area contributed by atoms with Gasteiger partial charge in [0.2, 0.25) is 5.91 Å². The average Bonchev–Trinajstić information content (AvgIpc) is 2.70. The van der Waals surface area contributed by atoms with Crippen LogP contribution in [0, 0.1) is 5.92 Å². The fourth-order valence-electron chi connectivity index (χ4n) is 2.03. The lowest BCUT2D eigenvalue weighted by Crippen LogP contribution is -2.31. The lowest BCUT2D eigenvalue weighted by Gasteiger charge is -2.10. The van der Waals surface area contributed by atoms with Gasteiger partial charge in [-0.15, -0.1) is 0 Å². The lowest BCUT2D eigenvalue weighted by atomic mass is 10.1. The summed E-state index contributed by atoms with van der Waals surface area (Å²) in [7, 11) is 0. The summed E-state index contributed by atoms with van der Waals surface area (Å²) in [6.07, 6.45) is 4.71. The van der Waals surface area contributed by atoms with Gasteiger partial charge in [0.05, 0.1) is 0 Å². The fraction of sp³-hybridized carbons (Fsp3) is 0.917. The third-order valence-electron chi connectivity index (χ3n) is 2.96. The first-order chi connectivity index (χ1) is 7.74. The largest absolute Gasteiger partial charge is 0.381 e. The SMILES string of the molecule is CCCOCCCNC(=O)C1CCC(N)C1. The van der Waals surface area contributed by atoms with Crippen LogP contribution in [0.5, 0.6) is 0 Å². The van der Waals surface area contributed by atoms with Gasteiger partial charge in [0, 0.05) is 31.7 Å². The van der Waals surface area contributed by atoms with E-state index < -0.39 is 0 Å². The van der Waals surface area contributed by atoms with Crippen molar-refractivity contribution in [2.45, 2.75) is 45.1 Å². The molecule has 1 aliphatic rings. The molecule has 4 heteroatoms. The summed E-state index contributed by atoms with van der Waals surface area (Å²) >= 11 is 0. The van der Waals surface area contributed by atoms with Gasteiger partial charge >= 0.3 is 0 Å². The molecule has 94 valence electrons. The number of rotatable bonds is 7. The van der Waals surface area contributed by atoms with Crippen LogP contribution in [0.2, 0.25) is 0 Å². The average molecular weight is 228 g/mol. The Labute approximate surface area is 97.9 Å². The molecule has 0 saturated heterocycles. The Bertz CT molecular complexity index is 209. The zero-order chi connectivity index (χ0) is 11.8. The first-order valence-corrected chi connectivity index (χ1v) is 6.35. The molecule has 3 N–H and O–H groups in total. The predicted octanol–water partition coefficient (Wildman–Crippen LogP) is 1.05. The van der Waals surface area contributed by atoms with E-state index in [2.05, 4.69) is 12.2 Å². The van der Waals surface area contributed by atoms with Gasteiger partial charge in [0.1, 0.15) is 0 Å². The van der Waals surface area contributed by atoms with E-state index in [1.54, 1.807) is 0 Å². The minimum Gasteiger partial charge on any atom is -0.381 e. The summed E-state index contributed by atoms with van der Waals surface area (Å²) in [5.41, 5.74) is 5.77. The van der Waals surface area contributed by atoms with Crippen LogP contribution in [0.15, 0.2) is 0 Å². The number of hydrogen-bond donors (Lipinski definition) is 2. The monoisotopic (exact) mass is 228 g/mol. The Morgan fingerprint density at radius 3 is 2.88 bits per heavy atom. The third-order valence-corrected chi connectivity index (χ3v) is 2.96. The smallest absolute Gasteiger partial charge is 0.223 e. The van der Waals surface area contributed by atoms with Crippen LogP contribution >= 0.6 is 0 Å². The summed E-state index contributed by atoms with van der Waals surface area (Å²) in [5.74, 6) is 0.315. The second-order valence-electron chi connectivity index (χ2n) is 4.53. The van der Waals surface area contributed by atoms with Crippen molar-refractivity contribution in [3.63, 3.8) is 0 Å². The molecule has 1 saturated carbocycles. The molecule has 2 unspecified atom stereocenters. The molecule has 4 nitrogen and oxygen atoms in total. The molecular formula is C12H24N2O2. The maximum atomic E-state index is 11.7. The molecule has 0 heterocycles. The summed E-state index contributed by atoms with van der Waals surface area (Å²) in [5, 5.41) is 2.95. The summed E-state index contributed by atoms with van der Waals surface area (Å²) < 4.78 is 5.34. The highest BCUT2D eigenvalue weighted by molar-refractivity contribution is 5.78. The standard InChI is InChI=1S/C12H24N2O2/c1-2-7-16-8-3-6-14-12(15)10-4-5-11(13)9-10/h10-11H,2-9,13H2,1H3,(H,14,15). The van der Waals surface area contributed by atoms with Gasteiger partial charge < -0.3 is 15.8 Å². The topological polar surface area (TPSA) is 64.3 Å². The highest BCUT2D eigenvalue weighted by Crippen LogP contribution is 2.23. The van der Waals surface area contributed by atoms with Crippen LogP contribution in [0.1, 0.15) is 39.0 Å². The Morgan fingerprint density at radius 2 is 2.25 bits per heavy atom. The van der Waals surface area contributed by atoms with Crippen LogP contribution in [-0.2, 0) is 9.53 Å². The summed E-state index contributed by atoms with van der Waals surface area (Å²) in [4.78, 5) is 11.7. The van der Waals surface area contributed by atoms with Gasteiger partial charge in [-0.2, -0.15) is 0 Å². The van der Waals surface area contributed by atoms with E-state index in [1.807, 2.05) is 0 Å². The normalized spacial score (nSPS) is 24.6. The molecule has 1 fully saturated rings. The van der Waals surface area contributed by atoms with Crippen molar-refractivity contribution in [2.24, 2.45) is 11.7 Å². The molecule has 1 amide bonds. The molecule has 0 aromatic heterocycles. The number of amides is 1. The molecule has 0 bridgehead atoms. The second-order valence-corrected chi connectivity index (χ2v) is 4.53. The molecule has 1 aliphatic carbocycles. The van der Waals surface area contributed by atoms with Crippen LogP contribution in [0.3, 0.4) is 0 Å². The van der Waals surface area contributed by atoms with Crippen molar-refractivity contribution in [2.75, 3.05) is 19.8 Å². The van der Waals surface area contributed by atoms with E-state index >= 15 is 0 Å². The lowest BCUT2D eigenvalue weighted by molar-refractivity contribution is -0.124. The molecule has 2 atom stereocenters. The van der Waals surface area contributed by atoms with E-state index in [0.717, 1.165) is 45.3 Å². The third kappa shape index (κ3) is 4.94. The van der Waals surface area contributed by atoms with Crippen LogP contribution in [0.25, 0.3) is 0 Å². The van der Waals surface area contributed by atoms with E-state index in [1.165, 1.54) is 0 Å². The summed E-state index contributed by atoms with van der Waals surface area (Å²) in [6.45, 7) is 4.35. The number of hydrogen-bond acceptors (Lipinski definition) is 3. The number of carbonyl (C=O) groups is 1. The molecular weight excluding hydrogens is 204 g/mol. The number of nitrogens with one attached hydrogen (secondary N) is 1. The van der Waals surface area contributed by atoms with Crippen molar-refractivity contribution < 1.29 is 9.53 Å². The number of nitrogens with two attached hydrogens (primary N) is 1. The van der Waals surface area contributed by atoms with Crippen molar-refractivity contribution in [1.29, 1.82) is 0 Å². The van der Waals surface area contributed by atoms with Crippen LogP contribution in [-0.4, -0.2) is 31.7 Å².